The van der Waals surface area contributed by atoms with E-state index in [0.29, 0.717) is 6.29 Å². The van der Waals surface area contributed by atoms with Crippen molar-refractivity contribution in [3.8, 4) is 12.1 Å². The number of hydrogen-bond acceptors (Lipinski definition) is 3. The molecule has 0 N–H and O–H groups in total. The number of hydrogen-bond donors (Lipinski definition) is 0. The van der Waals surface area contributed by atoms with E-state index in [9.17, 15) is 4.79 Å². The summed E-state index contributed by atoms with van der Waals surface area (Å²) in [4.78, 5) is 9.75. The third kappa shape index (κ3) is 5.52. The zero-order valence-corrected chi connectivity index (χ0v) is 7.16. The van der Waals surface area contributed by atoms with Crippen molar-refractivity contribution in [2.75, 3.05) is 0 Å². The van der Waals surface area contributed by atoms with E-state index in [2.05, 4.69) is 0 Å². The molecule has 1 atom stereocenters. The van der Waals surface area contributed by atoms with Crippen LogP contribution in [-0.2, 0) is 4.79 Å². The van der Waals surface area contributed by atoms with Crippen molar-refractivity contribution in [1.82, 2.24) is 0 Å². The number of nitriles is 2. The van der Waals surface area contributed by atoms with E-state index in [0.717, 1.165) is 0 Å². The molecule has 0 rings (SSSR count). The van der Waals surface area contributed by atoms with Gasteiger partial charge in [0.05, 0.1) is 18.6 Å². The van der Waals surface area contributed by atoms with E-state index in [4.69, 9.17) is 10.5 Å². The second-order valence-corrected chi connectivity index (χ2v) is 1.23. The van der Waals surface area contributed by atoms with Gasteiger partial charge in [0.1, 0.15) is 12.2 Å². The Morgan fingerprint density at radius 2 is 2.11 bits per heavy atom. The van der Waals surface area contributed by atoms with E-state index in [1.54, 1.807) is 12.1 Å². The van der Waals surface area contributed by atoms with Crippen LogP contribution in [0.2, 0.25) is 0 Å². The minimum atomic E-state index is -0.736. The first-order chi connectivity index (χ1) is 3.85. The van der Waals surface area contributed by atoms with Crippen LogP contribution in [0.4, 0.5) is 0 Å². The van der Waals surface area contributed by atoms with Gasteiger partial charge in [-0.2, -0.15) is 10.5 Å². The maximum atomic E-state index is 9.75. The quantitative estimate of drug-likeness (QED) is 0.387. The summed E-state index contributed by atoms with van der Waals surface area (Å²) in [6.07, 6.45) is 0.475. The fraction of sp³-hybridized carbons (Fsp3) is 0.400. The molecule has 0 aliphatic heterocycles. The van der Waals surface area contributed by atoms with E-state index in [-0.39, 0.29) is 36.0 Å². The van der Waals surface area contributed by atoms with Gasteiger partial charge in [0, 0.05) is 29.6 Å². The zero-order chi connectivity index (χ0) is 6.41. The van der Waals surface area contributed by atoms with Gasteiger partial charge in [0.15, 0.2) is 0 Å². The monoisotopic (exact) mass is 131 g/mol. The summed E-state index contributed by atoms with van der Waals surface area (Å²) < 4.78 is 0. The van der Waals surface area contributed by atoms with Gasteiger partial charge >= 0.3 is 0 Å². The maximum Gasteiger partial charge on any atom is 0.138 e. The number of carbonyl (C=O) groups excluding carboxylic acids is 1. The van der Waals surface area contributed by atoms with Gasteiger partial charge in [-0.05, 0) is 0 Å². The topological polar surface area (TPSA) is 64.7 Å². The summed E-state index contributed by atoms with van der Waals surface area (Å²) in [5.41, 5.74) is 0. The molecule has 0 fully saturated rings. The Hall–Kier alpha value is -0.350. The van der Waals surface area contributed by atoms with Gasteiger partial charge in [-0.15, -0.1) is 0 Å². The summed E-state index contributed by atoms with van der Waals surface area (Å²) in [6, 6.07) is 3.38. The van der Waals surface area contributed by atoms with Gasteiger partial charge in [-0.25, -0.2) is 0 Å². The molecule has 9 heavy (non-hydrogen) atoms. The molecule has 0 bridgehead atoms. The predicted octanol–water partition coefficient (Wildman–Crippen LogP) is -0.142. The first kappa shape index (κ1) is 11.4. The van der Waals surface area contributed by atoms with Crippen LogP contribution in [0, 0.1) is 28.6 Å². The minimum Gasteiger partial charge on any atom is -0.302 e. The molecule has 0 aromatic carbocycles. The molecule has 41 valence electrons. The Labute approximate surface area is 75.6 Å². The largest absolute Gasteiger partial charge is 0.302 e. The average Bonchev–Trinajstić information content (AvgIpc) is 1.83. The van der Waals surface area contributed by atoms with Crippen LogP contribution in [0.15, 0.2) is 0 Å². The average molecular weight is 131 g/mol. The summed E-state index contributed by atoms with van der Waals surface area (Å²) in [6.45, 7) is 0. The molecule has 0 aromatic rings. The van der Waals surface area contributed by atoms with Crippen molar-refractivity contribution >= 4 is 35.8 Å². The van der Waals surface area contributed by atoms with Crippen LogP contribution in [0.1, 0.15) is 6.42 Å². The molecule has 0 spiro atoms. The Morgan fingerprint density at radius 1 is 1.56 bits per heavy atom. The van der Waals surface area contributed by atoms with Crippen molar-refractivity contribution in [2.45, 2.75) is 6.42 Å². The van der Waals surface area contributed by atoms with Crippen molar-refractivity contribution in [1.29, 1.82) is 10.5 Å². The van der Waals surface area contributed by atoms with Crippen molar-refractivity contribution in [2.24, 2.45) is 5.92 Å². The van der Waals surface area contributed by atoms with E-state index < -0.39 is 5.92 Å². The maximum absolute atomic E-state index is 9.75. The second kappa shape index (κ2) is 7.65. The molecule has 0 saturated carbocycles. The molecular formula is C5H4N2NaO. The standard InChI is InChI=1S/C5H4N2O.Na/c6-2-1-5(3-7)4-8;/h4-5H,1H2;. The van der Waals surface area contributed by atoms with Crippen LogP contribution in [-0.4, -0.2) is 35.8 Å². The number of carbonyl (C=O) groups is 1. The van der Waals surface area contributed by atoms with Crippen LogP contribution in [0.25, 0.3) is 0 Å². The van der Waals surface area contributed by atoms with Crippen LogP contribution in [0.5, 0.6) is 0 Å². The smallest absolute Gasteiger partial charge is 0.138 e. The Balaban J connectivity index is 0. The van der Waals surface area contributed by atoms with Crippen molar-refractivity contribution in [3.05, 3.63) is 0 Å². The third-order valence-electron chi connectivity index (χ3n) is 0.641. The van der Waals surface area contributed by atoms with Crippen LogP contribution >= 0.6 is 0 Å². The molecule has 0 heterocycles. The van der Waals surface area contributed by atoms with Gasteiger partial charge < -0.3 is 4.79 Å². The zero-order valence-electron chi connectivity index (χ0n) is 5.16. The number of aldehydes is 1. The van der Waals surface area contributed by atoms with E-state index in [1.807, 2.05) is 0 Å². The number of rotatable bonds is 2. The SMILES string of the molecule is N#CCC(C#N)C=O.[Na]. The molecule has 0 aliphatic carbocycles. The number of nitrogens with zero attached hydrogens (tertiary/aromatic N) is 2. The normalized spacial score (nSPS) is 9.56. The molecule has 4 heteroatoms. The molecule has 0 amide bonds. The van der Waals surface area contributed by atoms with Crippen LogP contribution < -0.4 is 0 Å². The molecule has 0 aromatic heterocycles. The molecule has 0 saturated heterocycles. The minimum absolute atomic E-state index is 0. The third-order valence-corrected chi connectivity index (χ3v) is 0.641. The second-order valence-electron chi connectivity index (χ2n) is 1.23. The van der Waals surface area contributed by atoms with Gasteiger partial charge in [-0.3, -0.25) is 0 Å². The first-order valence-corrected chi connectivity index (χ1v) is 2.07. The van der Waals surface area contributed by atoms with Crippen molar-refractivity contribution < 1.29 is 4.79 Å². The Kier molecular flexibility index (Phi) is 9.73. The molecular weight excluding hydrogens is 127 g/mol. The molecule has 1 unspecified atom stereocenters. The van der Waals surface area contributed by atoms with Gasteiger partial charge in [0.2, 0.25) is 0 Å². The molecule has 0 aliphatic rings. The summed E-state index contributed by atoms with van der Waals surface area (Å²) in [7, 11) is 0. The first-order valence-electron chi connectivity index (χ1n) is 2.07. The van der Waals surface area contributed by atoms with E-state index >= 15 is 0 Å². The molecule has 3 nitrogen and oxygen atoms in total. The van der Waals surface area contributed by atoms with Crippen molar-refractivity contribution in [3.63, 3.8) is 0 Å². The summed E-state index contributed by atoms with van der Waals surface area (Å²) in [5, 5.41) is 16.0. The predicted molar refractivity (Wildman–Crippen MR) is 31.2 cm³/mol. The fourth-order valence-electron chi connectivity index (χ4n) is 0.223. The van der Waals surface area contributed by atoms with Gasteiger partial charge in [0.25, 0.3) is 0 Å². The Morgan fingerprint density at radius 3 is 2.22 bits per heavy atom. The molecule has 1 radical (unpaired) electrons. The van der Waals surface area contributed by atoms with Gasteiger partial charge in [-0.1, -0.05) is 0 Å². The Bertz CT molecular complexity index is 155. The van der Waals surface area contributed by atoms with Crippen LogP contribution in [0.3, 0.4) is 0 Å². The van der Waals surface area contributed by atoms with E-state index in [1.165, 1.54) is 0 Å². The summed E-state index contributed by atoms with van der Waals surface area (Å²) in [5.74, 6) is -0.736. The summed E-state index contributed by atoms with van der Waals surface area (Å²) >= 11 is 0. The fourth-order valence-corrected chi connectivity index (χ4v) is 0.223.